The van der Waals surface area contributed by atoms with Gasteiger partial charge in [0.05, 0.1) is 16.3 Å². The Bertz CT molecular complexity index is 819. The molecule has 0 aliphatic carbocycles. The number of aliphatic carboxylic acids is 1. The second-order valence-corrected chi connectivity index (χ2v) is 5.92. The van der Waals surface area contributed by atoms with Crippen molar-refractivity contribution in [3.63, 3.8) is 0 Å². The van der Waals surface area contributed by atoms with Gasteiger partial charge in [-0.15, -0.1) is 0 Å². The summed E-state index contributed by atoms with van der Waals surface area (Å²) in [6.07, 6.45) is 2.17. The second-order valence-electron chi connectivity index (χ2n) is 5.08. The molecular formula is C17H16Cl2N3O2+. The minimum absolute atomic E-state index is 0.0888. The molecule has 0 spiro atoms. The number of anilines is 1. The quantitative estimate of drug-likeness (QED) is 0.359. The van der Waals surface area contributed by atoms with Gasteiger partial charge < -0.3 is 21.6 Å². The molecule has 0 bridgehead atoms. The van der Waals surface area contributed by atoms with Crippen LogP contribution in [0.4, 0.5) is 11.4 Å². The Balaban J connectivity index is 2.24. The monoisotopic (exact) mass is 364 g/mol. The lowest BCUT2D eigenvalue weighted by atomic mass is 10.1. The minimum Gasteiger partial charge on any atom is -0.478 e. The van der Waals surface area contributed by atoms with Crippen molar-refractivity contribution in [2.45, 2.75) is 6.54 Å². The lowest BCUT2D eigenvalue weighted by Gasteiger charge is -2.09. The summed E-state index contributed by atoms with van der Waals surface area (Å²) in [6.45, 7) is 0.530. The number of hydrogen-bond donors (Lipinski definition) is 4. The number of quaternary nitrogens is 1. The molecule has 0 fully saturated rings. The van der Waals surface area contributed by atoms with Crippen LogP contribution in [-0.2, 0) is 11.3 Å². The topological polar surface area (TPSA) is 104 Å². The SMILES string of the molecule is N=C(/C=C/C(=O)O)c1ccc(N)cc1[NH2+]Cc1ccc(Cl)cc1Cl. The van der Waals surface area contributed by atoms with E-state index in [0.717, 1.165) is 17.3 Å². The third kappa shape index (κ3) is 4.83. The molecule has 24 heavy (non-hydrogen) atoms. The Morgan fingerprint density at radius 1 is 1.21 bits per heavy atom. The van der Waals surface area contributed by atoms with E-state index in [4.69, 9.17) is 39.5 Å². The first-order chi connectivity index (χ1) is 11.4. The zero-order valence-corrected chi connectivity index (χ0v) is 14.1. The maximum Gasteiger partial charge on any atom is 0.328 e. The molecule has 0 unspecified atom stereocenters. The third-order valence-corrected chi connectivity index (χ3v) is 3.90. The molecule has 5 nitrogen and oxygen atoms in total. The highest BCUT2D eigenvalue weighted by Gasteiger charge is 2.12. The molecule has 124 valence electrons. The van der Waals surface area contributed by atoms with Crippen LogP contribution in [0.1, 0.15) is 11.1 Å². The van der Waals surface area contributed by atoms with E-state index in [9.17, 15) is 4.79 Å². The van der Waals surface area contributed by atoms with Gasteiger partial charge in [-0.2, -0.15) is 0 Å². The van der Waals surface area contributed by atoms with Crippen LogP contribution < -0.4 is 11.1 Å². The zero-order valence-electron chi connectivity index (χ0n) is 12.6. The van der Waals surface area contributed by atoms with Gasteiger partial charge in [0.2, 0.25) is 0 Å². The van der Waals surface area contributed by atoms with Crippen LogP contribution in [0.5, 0.6) is 0 Å². The fourth-order valence-corrected chi connectivity index (χ4v) is 2.63. The van der Waals surface area contributed by atoms with Crippen molar-refractivity contribution in [2.24, 2.45) is 0 Å². The van der Waals surface area contributed by atoms with Crippen molar-refractivity contribution in [3.05, 3.63) is 69.7 Å². The smallest absolute Gasteiger partial charge is 0.328 e. The molecule has 0 aliphatic heterocycles. The molecule has 2 aromatic carbocycles. The number of halogens is 2. The molecule has 0 aromatic heterocycles. The Morgan fingerprint density at radius 3 is 2.62 bits per heavy atom. The van der Waals surface area contributed by atoms with Gasteiger partial charge in [-0.3, -0.25) is 0 Å². The highest BCUT2D eigenvalue weighted by Crippen LogP contribution is 2.21. The van der Waals surface area contributed by atoms with Gasteiger partial charge in [-0.1, -0.05) is 29.3 Å². The van der Waals surface area contributed by atoms with Crippen LogP contribution in [0.2, 0.25) is 10.0 Å². The maximum atomic E-state index is 10.6. The van der Waals surface area contributed by atoms with Crippen molar-refractivity contribution < 1.29 is 15.2 Å². The second kappa shape index (κ2) is 7.97. The lowest BCUT2D eigenvalue weighted by molar-refractivity contribution is -0.588. The molecule has 0 radical (unpaired) electrons. The summed E-state index contributed by atoms with van der Waals surface area (Å²) in [5.41, 5.74) is 8.69. The van der Waals surface area contributed by atoms with E-state index < -0.39 is 5.97 Å². The minimum atomic E-state index is -1.10. The van der Waals surface area contributed by atoms with Gasteiger partial charge in [0.25, 0.3) is 0 Å². The van der Waals surface area contributed by atoms with Crippen LogP contribution in [-0.4, -0.2) is 16.8 Å². The molecule has 7 heteroatoms. The van der Waals surface area contributed by atoms with Crippen LogP contribution >= 0.6 is 23.2 Å². The van der Waals surface area contributed by atoms with Crippen molar-refractivity contribution in [3.8, 4) is 0 Å². The summed E-state index contributed by atoms with van der Waals surface area (Å²) >= 11 is 12.1. The Kier molecular flexibility index (Phi) is 5.98. The van der Waals surface area contributed by atoms with Crippen molar-refractivity contribution in [1.29, 1.82) is 5.41 Å². The van der Waals surface area contributed by atoms with E-state index in [0.29, 0.717) is 27.8 Å². The summed E-state index contributed by atoms with van der Waals surface area (Å²) in [5, 5.41) is 19.7. The Hall–Kier alpha value is -2.34. The van der Waals surface area contributed by atoms with Gasteiger partial charge >= 0.3 is 5.97 Å². The number of benzene rings is 2. The zero-order chi connectivity index (χ0) is 17.7. The first-order valence-electron chi connectivity index (χ1n) is 7.03. The molecule has 0 heterocycles. The average Bonchev–Trinajstić information content (AvgIpc) is 2.52. The van der Waals surface area contributed by atoms with E-state index in [1.54, 1.807) is 30.3 Å². The first-order valence-corrected chi connectivity index (χ1v) is 7.79. The van der Waals surface area contributed by atoms with Crippen LogP contribution in [0.25, 0.3) is 0 Å². The summed E-state index contributed by atoms with van der Waals surface area (Å²) in [6, 6.07) is 10.4. The maximum absolute atomic E-state index is 10.6. The fourth-order valence-electron chi connectivity index (χ4n) is 2.15. The largest absolute Gasteiger partial charge is 0.478 e. The number of carboxylic acid groups (broad SMARTS) is 1. The number of rotatable bonds is 6. The normalized spacial score (nSPS) is 10.9. The molecular weight excluding hydrogens is 349 g/mol. The van der Waals surface area contributed by atoms with Gasteiger partial charge in [0.1, 0.15) is 12.2 Å². The first kappa shape index (κ1) is 18.0. The molecule has 6 N–H and O–H groups in total. The Morgan fingerprint density at radius 2 is 1.96 bits per heavy atom. The van der Waals surface area contributed by atoms with E-state index in [1.807, 2.05) is 11.4 Å². The standard InChI is InChI=1S/C17H15Cl2N3O2/c18-11-2-1-10(14(19)7-11)9-22-16-8-12(20)3-4-13(16)15(21)5-6-17(23)24/h1-8,21-22H,9,20H2,(H,23,24)/p+1/b6-5+,21-15?. The highest BCUT2D eigenvalue weighted by molar-refractivity contribution is 6.35. The Labute approximate surface area is 149 Å². The number of hydrogen-bond acceptors (Lipinski definition) is 3. The average molecular weight is 365 g/mol. The number of nitrogens with one attached hydrogen (secondary N) is 1. The van der Waals surface area contributed by atoms with Crippen molar-refractivity contribution >= 4 is 46.3 Å². The molecule has 0 aliphatic rings. The summed E-state index contributed by atoms with van der Waals surface area (Å²) in [5.74, 6) is -1.10. The molecule has 0 saturated heterocycles. The number of allylic oxidation sites excluding steroid dienone is 1. The highest BCUT2D eigenvalue weighted by atomic mass is 35.5. The fraction of sp³-hybridized carbons (Fsp3) is 0.0588. The van der Waals surface area contributed by atoms with E-state index >= 15 is 0 Å². The van der Waals surface area contributed by atoms with E-state index in [1.165, 1.54) is 6.08 Å². The molecule has 0 amide bonds. The number of carboxylic acids is 1. The van der Waals surface area contributed by atoms with Crippen LogP contribution in [0.15, 0.2) is 48.6 Å². The van der Waals surface area contributed by atoms with E-state index in [-0.39, 0.29) is 5.71 Å². The summed E-state index contributed by atoms with van der Waals surface area (Å²) in [4.78, 5) is 10.6. The van der Waals surface area contributed by atoms with Crippen molar-refractivity contribution in [1.82, 2.24) is 0 Å². The predicted octanol–water partition coefficient (Wildman–Crippen LogP) is 2.98. The van der Waals surface area contributed by atoms with Gasteiger partial charge in [-0.05, 0) is 30.3 Å². The van der Waals surface area contributed by atoms with Gasteiger partial charge in [-0.25, -0.2) is 4.79 Å². The molecule has 2 rings (SSSR count). The van der Waals surface area contributed by atoms with Crippen molar-refractivity contribution in [2.75, 3.05) is 5.73 Å². The van der Waals surface area contributed by atoms with E-state index in [2.05, 4.69) is 0 Å². The number of carbonyl (C=O) groups is 1. The predicted molar refractivity (Wildman–Crippen MR) is 96.2 cm³/mol. The number of nitrogen functional groups attached to an aromatic ring is 1. The van der Waals surface area contributed by atoms with Crippen LogP contribution in [0, 0.1) is 5.41 Å². The van der Waals surface area contributed by atoms with Crippen LogP contribution in [0.3, 0.4) is 0 Å². The molecule has 0 atom stereocenters. The third-order valence-electron chi connectivity index (χ3n) is 3.32. The molecule has 0 saturated carbocycles. The van der Waals surface area contributed by atoms with Gasteiger partial charge in [0.15, 0.2) is 0 Å². The summed E-state index contributed by atoms with van der Waals surface area (Å²) in [7, 11) is 0. The van der Waals surface area contributed by atoms with Gasteiger partial charge in [0, 0.05) is 28.4 Å². The summed E-state index contributed by atoms with van der Waals surface area (Å²) < 4.78 is 0. The lowest BCUT2D eigenvalue weighted by Crippen LogP contribution is -2.76. The molecule has 2 aromatic rings. The number of nitrogens with two attached hydrogens (primary N) is 2.